The number of carbonyl (C=O) groups is 4. The van der Waals surface area contributed by atoms with Crippen LogP contribution >= 0.6 is 0 Å². The molecule has 16 nitrogen and oxygen atoms in total. The van der Waals surface area contributed by atoms with Crippen molar-refractivity contribution < 1.29 is 38.1 Å². The summed E-state index contributed by atoms with van der Waals surface area (Å²) < 4.78 is 21.5. The first-order valence-corrected chi connectivity index (χ1v) is 19.3. The minimum absolute atomic E-state index is 0.122. The highest BCUT2D eigenvalue weighted by molar-refractivity contribution is 5.87. The predicted molar refractivity (Wildman–Crippen MR) is 210 cm³/mol. The molecule has 0 bridgehead atoms. The average molecular weight is 785 g/mol. The van der Waals surface area contributed by atoms with Crippen molar-refractivity contribution in [3.8, 4) is 39.8 Å². The average Bonchev–Trinajstić information content (AvgIpc) is 4.05. The smallest absolute Gasteiger partial charge is 0.407 e. The van der Waals surface area contributed by atoms with Gasteiger partial charge in [0.15, 0.2) is 0 Å². The van der Waals surface area contributed by atoms with Crippen LogP contribution in [0.15, 0.2) is 54.9 Å². The second kappa shape index (κ2) is 17.8. The summed E-state index contributed by atoms with van der Waals surface area (Å²) in [5.74, 6) is 2.54. The van der Waals surface area contributed by atoms with Gasteiger partial charge in [-0.1, -0.05) is 27.7 Å². The third-order valence-corrected chi connectivity index (χ3v) is 10.5. The number of benzene rings is 2. The molecule has 2 aromatic heterocycles. The summed E-state index contributed by atoms with van der Waals surface area (Å²) in [6.07, 6.45) is 5.31. The van der Waals surface area contributed by atoms with E-state index in [9.17, 15) is 19.2 Å². The van der Waals surface area contributed by atoms with Crippen LogP contribution in [0, 0.1) is 11.8 Å². The van der Waals surface area contributed by atoms with Crippen LogP contribution in [0.1, 0.15) is 77.1 Å². The lowest BCUT2D eigenvalue weighted by Gasteiger charge is -2.30. The monoisotopic (exact) mass is 784 g/mol. The number of carbonyl (C=O) groups excluding carboxylic acids is 4. The van der Waals surface area contributed by atoms with Crippen molar-refractivity contribution in [2.45, 2.75) is 77.5 Å². The van der Waals surface area contributed by atoms with Crippen LogP contribution in [0.2, 0.25) is 0 Å². The highest BCUT2D eigenvalue weighted by atomic mass is 16.5. The lowest BCUT2D eigenvalue weighted by Crippen LogP contribution is -2.51. The van der Waals surface area contributed by atoms with Crippen molar-refractivity contribution >= 4 is 24.0 Å². The number of hydrogen-bond acceptors (Lipinski definition) is 10. The van der Waals surface area contributed by atoms with Crippen molar-refractivity contribution in [3.63, 3.8) is 0 Å². The van der Waals surface area contributed by atoms with Gasteiger partial charge >= 0.3 is 12.2 Å². The lowest BCUT2D eigenvalue weighted by atomic mass is 10.0. The fourth-order valence-electron chi connectivity index (χ4n) is 7.48. The van der Waals surface area contributed by atoms with E-state index in [1.807, 2.05) is 70.2 Å². The molecule has 2 aliphatic heterocycles. The topological polar surface area (TPSA) is 193 Å². The van der Waals surface area contributed by atoms with E-state index < -0.39 is 24.3 Å². The first kappa shape index (κ1) is 40.6. The first-order chi connectivity index (χ1) is 27.4. The molecular formula is C41H52N8O8. The zero-order chi connectivity index (χ0) is 40.8. The van der Waals surface area contributed by atoms with E-state index >= 15 is 0 Å². The van der Waals surface area contributed by atoms with Crippen LogP contribution in [-0.4, -0.2) is 100 Å². The van der Waals surface area contributed by atoms with E-state index in [0.29, 0.717) is 47.7 Å². The Morgan fingerprint density at radius 3 is 1.68 bits per heavy atom. The van der Waals surface area contributed by atoms with Crippen molar-refractivity contribution in [2.24, 2.45) is 11.8 Å². The summed E-state index contributed by atoms with van der Waals surface area (Å²) in [5.41, 5.74) is 3.13. The SMILES string of the molecule is COC(=O)NC(C(=O)N1CCCC1c1ncc(-c2ccc(Oc3ccc(OC)c(-c4cnc(C5CCCN5C(=O)C(NC(=O)OC)C(C)C)[nH]4)c3)cc2)[nH]1)C(C)C. The lowest BCUT2D eigenvalue weighted by molar-refractivity contribution is -0.136. The Labute approximate surface area is 332 Å². The predicted octanol–water partition coefficient (Wildman–Crippen LogP) is 6.36. The highest BCUT2D eigenvalue weighted by Crippen LogP contribution is 2.38. The fourth-order valence-corrected chi connectivity index (χ4v) is 7.48. The van der Waals surface area contributed by atoms with Gasteiger partial charge in [-0.2, -0.15) is 0 Å². The number of amides is 4. The summed E-state index contributed by atoms with van der Waals surface area (Å²) in [5, 5.41) is 5.37. The van der Waals surface area contributed by atoms with Gasteiger partial charge in [0.1, 0.15) is 41.0 Å². The maximum absolute atomic E-state index is 13.6. The van der Waals surface area contributed by atoms with E-state index in [4.69, 9.17) is 18.9 Å². The number of rotatable bonds is 13. The molecule has 0 saturated carbocycles. The summed E-state index contributed by atoms with van der Waals surface area (Å²) in [6, 6.07) is 11.2. The Morgan fingerprint density at radius 2 is 1.19 bits per heavy atom. The molecule has 57 heavy (non-hydrogen) atoms. The molecule has 4 amide bonds. The summed E-state index contributed by atoms with van der Waals surface area (Å²) >= 11 is 0. The Balaban J connectivity index is 1.14. The molecule has 6 rings (SSSR count). The van der Waals surface area contributed by atoms with Crippen LogP contribution in [-0.2, 0) is 19.1 Å². The Bertz CT molecular complexity index is 2040. The molecule has 2 aliphatic rings. The largest absolute Gasteiger partial charge is 0.496 e. The van der Waals surface area contributed by atoms with Gasteiger partial charge in [-0.15, -0.1) is 0 Å². The first-order valence-electron chi connectivity index (χ1n) is 19.3. The zero-order valence-corrected chi connectivity index (χ0v) is 33.5. The number of nitrogens with one attached hydrogen (secondary N) is 4. The Kier molecular flexibility index (Phi) is 12.7. The van der Waals surface area contributed by atoms with E-state index in [0.717, 1.165) is 42.5 Å². The molecule has 2 saturated heterocycles. The minimum Gasteiger partial charge on any atom is -0.496 e. The van der Waals surface area contributed by atoms with E-state index in [2.05, 4.69) is 30.6 Å². The zero-order valence-electron chi connectivity index (χ0n) is 33.5. The highest BCUT2D eigenvalue weighted by Gasteiger charge is 2.39. The molecule has 0 aliphatic carbocycles. The number of likely N-dealkylation sites (tertiary alicyclic amines) is 2. The van der Waals surface area contributed by atoms with Crippen LogP contribution in [0.3, 0.4) is 0 Å². The number of nitrogens with zero attached hydrogens (tertiary/aromatic N) is 4. The Hall–Kier alpha value is -6.06. The summed E-state index contributed by atoms with van der Waals surface area (Å²) in [7, 11) is 4.15. The molecule has 4 N–H and O–H groups in total. The van der Waals surface area contributed by atoms with E-state index in [1.165, 1.54) is 14.2 Å². The standard InChI is InChI=1S/C41H52N8O8/c1-23(2)34(46-40(52)55-6)38(50)48-18-8-10-31(48)36-42-21-29(44-36)25-12-14-26(15-13-25)57-27-16-17-33(54-5)28(20-27)30-22-43-37(45-30)32-11-9-19-49(32)39(51)35(24(3)4)47-41(53)56-7/h12-17,20-24,31-32,34-35H,8-11,18-19H2,1-7H3,(H,42,44)(H,43,45)(H,46,52)(H,47,53). The van der Waals surface area contributed by atoms with Gasteiger partial charge in [0, 0.05) is 18.7 Å². The quantitative estimate of drug-likeness (QED) is 0.119. The molecular weight excluding hydrogens is 732 g/mol. The third kappa shape index (κ3) is 9.00. The number of aromatic amines is 2. The van der Waals surface area contributed by atoms with Gasteiger partial charge < -0.3 is 49.3 Å². The number of ether oxygens (including phenoxy) is 4. The van der Waals surface area contributed by atoms with Gasteiger partial charge in [-0.3, -0.25) is 9.59 Å². The molecule has 2 fully saturated rings. The molecule has 4 atom stereocenters. The second-order valence-corrected chi connectivity index (χ2v) is 14.9. The number of alkyl carbamates (subject to hydrolysis) is 2. The normalized spacial score (nSPS) is 17.7. The van der Waals surface area contributed by atoms with Crippen LogP contribution in [0.4, 0.5) is 9.59 Å². The van der Waals surface area contributed by atoms with Gasteiger partial charge in [0.25, 0.3) is 0 Å². The third-order valence-electron chi connectivity index (χ3n) is 10.5. The van der Waals surface area contributed by atoms with Crippen molar-refractivity contribution in [1.29, 1.82) is 0 Å². The summed E-state index contributed by atoms with van der Waals surface area (Å²) in [6.45, 7) is 8.66. The van der Waals surface area contributed by atoms with Gasteiger partial charge in [0.05, 0.1) is 57.2 Å². The van der Waals surface area contributed by atoms with Crippen LogP contribution in [0.5, 0.6) is 17.2 Å². The van der Waals surface area contributed by atoms with Crippen molar-refractivity contribution in [2.75, 3.05) is 34.4 Å². The molecule has 4 heterocycles. The maximum Gasteiger partial charge on any atom is 0.407 e. The summed E-state index contributed by atoms with van der Waals surface area (Å²) in [4.78, 5) is 70.8. The van der Waals surface area contributed by atoms with Crippen molar-refractivity contribution in [1.82, 2.24) is 40.4 Å². The molecule has 4 unspecified atom stereocenters. The fraction of sp³-hybridized carbons (Fsp3) is 0.463. The molecule has 304 valence electrons. The van der Waals surface area contributed by atoms with Crippen molar-refractivity contribution in [3.05, 3.63) is 66.5 Å². The second-order valence-electron chi connectivity index (χ2n) is 14.9. The molecule has 2 aromatic carbocycles. The van der Waals surface area contributed by atoms with E-state index in [-0.39, 0.29) is 35.7 Å². The number of methoxy groups -OCH3 is 3. The molecule has 4 aromatic rings. The van der Waals surface area contributed by atoms with Crippen LogP contribution in [0.25, 0.3) is 22.5 Å². The molecule has 0 spiro atoms. The van der Waals surface area contributed by atoms with Crippen LogP contribution < -0.4 is 20.1 Å². The van der Waals surface area contributed by atoms with Gasteiger partial charge in [-0.25, -0.2) is 19.6 Å². The number of imidazole rings is 2. The van der Waals surface area contributed by atoms with Gasteiger partial charge in [0.2, 0.25) is 11.8 Å². The molecule has 0 radical (unpaired) electrons. The Morgan fingerprint density at radius 1 is 0.702 bits per heavy atom. The number of H-pyrrole nitrogens is 2. The number of hydrogen-bond donors (Lipinski definition) is 4. The maximum atomic E-state index is 13.6. The van der Waals surface area contributed by atoms with Gasteiger partial charge in [-0.05, 0) is 85.5 Å². The minimum atomic E-state index is -0.727. The molecule has 16 heteroatoms. The van der Waals surface area contributed by atoms with E-state index in [1.54, 1.807) is 29.3 Å². The number of aromatic nitrogens is 4.